The van der Waals surface area contributed by atoms with Crippen LogP contribution in [-0.2, 0) is 32.0 Å². The number of carboxylic acids is 1. The van der Waals surface area contributed by atoms with E-state index in [1.165, 1.54) is 19.1 Å². The summed E-state index contributed by atoms with van der Waals surface area (Å²) in [6.07, 6.45) is -0.676. The van der Waals surface area contributed by atoms with Crippen molar-refractivity contribution < 1.29 is 34.5 Å². The summed E-state index contributed by atoms with van der Waals surface area (Å²) < 4.78 is 0. The predicted octanol–water partition coefficient (Wildman–Crippen LogP) is 0.471. The molecule has 2 aromatic rings. The van der Waals surface area contributed by atoms with Crippen LogP contribution in [0.15, 0.2) is 54.6 Å². The second-order valence-corrected chi connectivity index (χ2v) is 9.66. The zero-order valence-corrected chi connectivity index (χ0v) is 22.3. The number of amides is 3. The smallest absolute Gasteiger partial charge is 0.326 e. The van der Waals surface area contributed by atoms with Crippen LogP contribution < -0.4 is 21.7 Å². The van der Waals surface area contributed by atoms with E-state index in [0.29, 0.717) is 17.5 Å². The maximum absolute atomic E-state index is 13.2. The van der Waals surface area contributed by atoms with Crippen LogP contribution in [0, 0.1) is 5.92 Å². The van der Waals surface area contributed by atoms with E-state index in [-0.39, 0.29) is 24.5 Å². The first kappa shape index (κ1) is 31.3. The number of benzene rings is 2. The number of phenolic OH excluding ortho intramolecular Hbond substituents is 1. The number of carbonyl (C=O) groups is 4. The van der Waals surface area contributed by atoms with E-state index in [1.807, 2.05) is 6.92 Å². The van der Waals surface area contributed by atoms with Gasteiger partial charge in [0.2, 0.25) is 17.7 Å². The van der Waals surface area contributed by atoms with Gasteiger partial charge in [0.15, 0.2) is 0 Å². The van der Waals surface area contributed by atoms with Crippen LogP contribution in [0.25, 0.3) is 0 Å². The van der Waals surface area contributed by atoms with Gasteiger partial charge in [0.25, 0.3) is 0 Å². The molecule has 11 nitrogen and oxygen atoms in total. The lowest BCUT2D eigenvalue weighted by atomic mass is 9.96. The van der Waals surface area contributed by atoms with Crippen LogP contribution in [0.1, 0.15) is 38.3 Å². The molecule has 2 aromatic carbocycles. The summed E-state index contributed by atoms with van der Waals surface area (Å²) >= 11 is 0. The number of hydrogen-bond acceptors (Lipinski definition) is 7. The molecule has 0 aliphatic heterocycles. The number of aliphatic hydroxyl groups is 1. The van der Waals surface area contributed by atoms with E-state index < -0.39 is 54.0 Å². The summed E-state index contributed by atoms with van der Waals surface area (Å²) in [5.74, 6) is -3.72. The molecule has 3 amide bonds. The summed E-state index contributed by atoms with van der Waals surface area (Å²) in [6.45, 7) is 4.86. The number of hydrogen-bond donors (Lipinski definition) is 7. The highest BCUT2D eigenvalue weighted by molar-refractivity contribution is 5.94. The number of aliphatic carboxylic acids is 1. The molecular weight excluding hydrogens is 504 g/mol. The van der Waals surface area contributed by atoms with Gasteiger partial charge < -0.3 is 37.0 Å². The minimum absolute atomic E-state index is 0.00681. The fourth-order valence-electron chi connectivity index (χ4n) is 3.90. The number of aromatic hydroxyl groups is 1. The fourth-order valence-corrected chi connectivity index (χ4v) is 3.90. The van der Waals surface area contributed by atoms with Gasteiger partial charge in [0.1, 0.15) is 23.9 Å². The number of aliphatic hydroxyl groups excluding tert-OH is 1. The van der Waals surface area contributed by atoms with E-state index >= 15 is 0 Å². The van der Waals surface area contributed by atoms with Gasteiger partial charge in [-0.25, -0.2) is 4.79 Å². The van der Waals surface area contributed by atoms with Crippen molar-refractivity contribution >= 4 is 23.7 Å². The van der Waals surface area contributed by atoms with Crippen LogP contribution >= 0.6 is 0 Å². The summed E-state index contributed by atoms with van der Waals surface area (Å²) in [6, 6.07) is 10.1. The second-order valence-electron chi connectivity index (χ2n) is 9.66. The second kappa shape index (κ2) is 14.8. The van der Waals surface area contributed by atoms with E-state index in [2.05, 4.69) is 16.0 Å². The van der Waals surface area contributed by atoms with Crippen molar-refractivity contribution in [3.8, 4) is 5.75 Å². The molecule has 0 saturated heterocycles. The SMILES string of the molecule is CCC(C)C(NC(=O)C(N)Cc1ccc(O)cc1)C(=O)NC(C(=O)NC(Cc1ccccc1)C(=O)O)C(C)O. The number of rotatable bonds is 14. The normalized spacial score (nSPS) is 15.6. The summed E-state index contributed by atoms with van der Waals surface area (Å²) in [5.41, 5.74) is 7.46. The largest absolute Gasteiger partial charge is 0.508 e. The average Bonchev–Trinajstić information content (AvgIpc) is 2.90. The van der Waals surface area contributed by atoms with Gasteiger partial charge in [-0.15, -0.1) is 0 Å². The van der Waals surface area contributed by atoms with Gasteiger partial charge in [-0.3, -0.25) is 14.4 Å². The molecule has 0 spiro atoms. The quantitative estimate of drug-likeness (QED) is 0.179. The van der Waals surface area contributed by atoms with Crippen LogP contribution in [0.2, 0.25) is 0 Å². The Balaban J connectivity index is 2.11. The van der Waals surface area contributed by atoms with Crippen molar-refractivity contribution in [1.82, 2.24) is 16.0 Å². The molecule has 8 N–H and O–H groups in total. The zero-order valence-electron chi connectivity index (χ0n) is 22.3. The van der Waals surface area contributed by atoms with E-state index in [1.54, 1.807) is 49.4 Å². The van der Waals surface area contributed by atoms with Crippen LogP contribution in [0.4, 0.5) is 0 Å². The first-order chi connectivity index (χ1) is 18.4. The Morgan fingerprint density at radius 1 is 0.795 bits per heavy atom. The lowest BCUT2D eigenvalue weighted by molar-refractivity contribution is -0.143. The maximum atomic E-state index is 13.2. The summed E-state index contributed by atoms with van der Waals surface area (Å²) in [7, 11) is 0. The molecule has 0 saturated carbocycles. The fraction of sp³-hybridized carbons (Fsp3) is 0.429. The Morgan fingerprint density at radius 2 is 1.33 bits per heavy atom. The third-order valence-electron chi connectivity index (χ3n) is 6.48. The highest BCUT2D eigenvalue weighted by Gasteiger charge is 2.34. The molecular formula is C28H38N4O7. The Bertz CT molecular complexity index is 1110. The molecule has 2 rings (SSSR count). The predicted molar refractivity (Wildman–Crippen MR) is 144 cm³/mol. The molecule has 0 radical (unpaired) electrons. The Labute approximate surface area is 227 Å². The van der Waals surface area contributed by atoms with Crippen molar-refractivity contribution in [2.75, 3.05) is 0 Å². The molecule has 0 fully saturated rings. The number of phenols is 1. The van der Waals surface area contributed by atoms with Crippen LogP contribution in [-0.4, -0.2) is 69.3 Å². The van der Waals surface area contributed by atoms with Gasteiger partial charge in [-0.05, 0) is 42.5 Å². The number of nitrogens with two attached hydrogens (primary N) is 1. The maximum Gasteiger partial charge on any atom is 0.326 e. The van der Waals surface area contributed by atoms with Gasteiger partial charge in [-0.2, -0.15) is 0 Å². The molecule has 0 aliphatic carbocycles. The highest BCUT2D eigenvalue weighted by Crippen LogP contribution is 2.13. The monoisotopic (exact) mass is 542 g/mol. The van der Waals surface area contributed by atoms with Gasteiger partial charge in [0.05, 0.1) is 12.1 Å². The molecule has 0 heterocycles. The zero-order chi connectivity index (χ0) is 29.1. The molecule has 6 atom stereocenters. The van der Waals surface area contributed by atoms with Gasteiger partial charge in [-0.1, -0.05) is 62.7 Å². The Morgan fingerprint density at radius 3 is 1.87 bits per heavy atom. The van der Waals surface area contributed by atoms with Crippen molar-refractivity contribution in [1.29, 1.82) is 0 Å². The van der Waals surface area contributed by atoms with Crippen molar-refractivity contribution in [2.24, 2.45) is 11.7 Å². The van der Waals surface area contributed by atoms with Crippen molar-refractivity contribution in [3.05, 3.63) is 65.7 Å². The number of carbonyl (C=O) groups excluding carboxylic acids is 3. The van der Waals surface area contributed by atoms with Crippen molar-refractivity contribution in [3.63, 3.8) is 0 Å². The molecule has 39 heavy (non-hydrogen) atoms. The topological polar surface area (TPSA) is 191 Å². The van der Waals surface area contributed by atoms with E-state index in [9.17, 15) is 34.5 Å². The Kier molecular flexibility index (Phi) is 11.9. The van der Waals surface area contributed by atoms with E-state index in [0.717, 1.165) is 0 Å². The molecule has 6 unspecified atom stereocenters. The minimum Gasteiger partial charge on any atom is -0.508 e. The molecule has 0 aromatic heterocycles. The van der Waals surface area contributed by atoms with E-state index in [4.69, 9.17) is 5.73 Å². The minimum atomic E-state index is -1.47. The molecule has 0 aliphatic rings. The van der Waals surface area contributed by atoms with Gasteiger partial charge in [0, 0.05) is 6.42 Å². The number of carboxylic acid groups (broad SMARTS) is 1. The Hall–Kier alpha value is -3.96. The summed E-state index contributed by atoms with van der Waals surface area (Å²) in [5, 5.41) is 36.8. The summed E-state index contributed by atoms with van der Waals surface area (Å²) in [4.78, 5) is 50.8. The first-order valence-electron chi connectivity index (χ1n) is 12.8. The number of nitrogens with one attached hydrogen (secondary N) is 3. The first-order valence-corrected chi connectivity index (χ1v) is 12.8. The third-order valence-corrected chi connectivity index (χ3v) is 6.48. The highest BCUT2D eigenvalue weighted by atomic mass is 16.4. The lowest BCUT2D eigenvalue weighted by Gasteiger charge is -2.29. The molecule has 212 valence electrons. The van der Waals surface area contributed by atoms with Crippen LogP contribution in [0.5, 0.6) is 5.75 Å². The molecule has 11 heteroatoms. The molecule has 0 bridgehead atoms. The standard InChI is InChI=1S/C28H38N4O7/c1-4-16(2)23(31-25(35)21(29)14-19-10-12-20(34)13-11-19)26(36)32-24(17(3)33)27(37)30-22(28(38)39)15-18-8-6-5-7-9-18/h5-13,16-17,21-24,33-34H,4,14-15,29H2,1-3H3,(H,30,37)(H,31,35)(H,32,36)(H,38,39). The van der Waals surface area contributed by atoms with Crippen LogP contribution in [0.3, 0.4) is 0 Å². The van der Waals surface area contributed by atoms with Gasteiger partial charge >= 0.3 is 5.97 Å². The lowest BCUT2D eigenvalue weighted by Crippen LogP contribution is -2.61. The third kappa shape index (κ3) is 9.69. The van der Waals surface area contributed by atoms with Crippen molar-refractivity contribution in [2.45, 2.75) is 70.3 Å². The average molecular weight is 543 g/mol.